The first-order valence-electron chi connectivity index (χ1n) is 8.36. The smallest absolute Gasteiger partial charge is 0.194 e. The fourth-order valence-corrected chi connectivity index (χ4v) is 2.82. The summed E-state index contributed by atoms with van der Waals surface area (Å²) in [6.45, 7) is 10.3. The van der Waals surface area contributed by atoms with Gasteiger partial charge in [-0.3, -0.25) is 14.5 Å². The molecule has 0 aliphatic rings. The Morgan fingerprint density at radius 2 is 2.00 bits per heavy atom. The summed E-state index contributed by atoms with van der Waals surface area (Å²) < 4.78 is 0. The zero-order valence-electron chi connectivity index (χ0n) is 14.5. The van der Waals surface area contributed by atoms with E-state index in [0.717, 1.165) is 42.7 Å². The van der Waals surface area contributed by atoms with E-state index in [0.29, 0.717) is 17.5 Å². The molecule has 4 nitrogen and oxygen atoms in total. The van der Waals surface area contributed by atoms with Crippen molar-refractivity contribution in [3.8, 4) is 0 Å². The molecular weight excluding hydrogens is 288 g/mol. The summed E-state index contributed by atoms with van der Waals surface area (Å²) in [4.78, 5) is 30.1. The summed E-state index contributed by atoms with van der Waals surface area (Å²) in [5, 5.41) is 0.602. The van der Waals surface area contributed by atoms with Gasteiger partial charge in [0.1, 0.15) is 0 Å². The fourth-order valence-electron chi connectivity index (χ4n) is 2.82. The summed E-state index contributed by atoms with van der Waals surface area (Å²) in [7, 11) is 0. The normalized spacial score (nSPS) is 11.3. The lowest BCUT2D eigenvalue weighted by Crippen LogP contribution is -2.28. The molecule has 0 aliphatic carbocycles. The number of nitrogens with zero attached hydrogens (tertiary/aromatic N) is 1. The Balaban J connectivity index is 2.47. The Morgan fingerprint density at radius 3 is 2.61 bits per heavy atom. The summed E-state index contributed by atoms with van der Waals surface area (Å²) in [5.41, 5.74) is 3.12. The van der Waals surface area contributed by atoms with Gasteiger partial charge in [0, 0.05) is 34.3 Å². The predicted molar refractivity (Wildman–Crippen MR) is 95.2 cm³/mol. The van der Waals surface area contributed by atoms with Crippen LogP contribution < -0.4 is 5.43 Å². The monoisotopic (exact) mass is 314 g/mol. The van der Waals surface area contributed by atoms with Gasteiger partial charge in [-0.2, -0.15) is 0 Å². The first kappa shape index (κ1) is 17.4. The molecule has 0 unspecified atom stereocenters. The number of hydrogen-bond acceptors (Lipinski definition) is 3. The molecule has 0 radical (unpaired) electrons. The van der Waals surface area contributed by atoms with Crippen molar-refractivity contribution in [3.05, 3.63) is 45.2 Å². The van der Waals surface area contributed by atoms with Gasteiger partial charge in [0.2, 0.25) is 0 Å². The second-order valence-corrected chi connectivity index (χ2v) is 6.10. The van der Waals surface area contributed by atoms with E-state index >= 15 is 0 Å². The van der Waals surface area contributed by atoms with E-state index in [1.165, 1.54) is 6.92 Å². The zero-order valence-corrected chi connectivity index (χ0v) is 14.5. The van der Waals surface area contributed by atoms with Crippen LogP contribution in [0.15, 0.2) is 23.0 Å². The predicted octanol–water partition coefficient (Wildman–Crippen LogP) is 3.66. The van der Waals surface area contributed by atoms with Gasteiger partial charge in [0.05, 0.1) is 0 Å². The van der Waals surface area contributed by atoms with Gasteiger partial charge < -0.3 is 4.98 Å². The molecule has 0 aliphatic heterocycles. The lowest BCUT2D eigenvalue weighted by Gasteiger charge is -2.21. The molecule has 1 aromatic heterocycles. The van der Waals surface area contributed by atoms with Gasteiger partial charge in [-0.05, 0) is 51.6 Å². The Kier molecular flexibility index (Phi) is 5.72. The minimum absolute atomic E-state index is 0.0217. The van der Waals surface area contributed by atoms with Crippen LogP contribution in [0.2, 0.25) is 0 Å². The van der Waals surface area contributed by atoms with Crippen LogP contribution in [0.5, 0.6) is 0 Å². The summed E-state index contributed by atoms with van der Waals surface area (Å²) >= 11 is 0. The average Bonchev–Trinajstić information content (AvgIpc) is 2.53. The van der Waals surface area contributed by atoms with Crippen molar-refractivity contribution in [2.45, 2.75) is 47.1 Å². The molecule has 0 saturated carbocycles. The first-order chi connectivity index (χ1) is 11.0. The minimum atomic E-state index is -0.0217. The number of fused-ring (bicyclic) bond motifs is 1. The number of aryl methyl sites for hydroxylation is 1. The highest BCUT2D eigenvalue weighted by atomic mass is 16.1. The maximum absolute atomic E-state index is 12.9. The highest BCUT2D eigenvalue weighted by Crippen LogP contribution is 2.15. The number of carbonyl (C=O) groups is 1. The van der Waals surface area contributed by atoms with Crippen LogP contribution in [-0.2, 0) is 6.54 Å². The largest absolute Gasteiger partial charge is 0.358 e. The Bertz CT molecular complexity index is 762. The molecule has 0 fully saturated rings. The molecule has 1 N–H and O–H groups in total. The Hall–Kier alpha value is -1.94. The lowest BCUT2D eigenvalue weighted by molar-refractivity contribution is 0.101. The third-order valence-electron chi connectivity index (χ3n) is 4.38. The molecule has 4 heteroatoms. The van der Waals surface area contributed by atoms with Crippen LogP contribution in [0, 0.1) is 6.92 Å². The summed E-state index contributed by atoms with van der Waals surface area (Å²) in [6, 6.07) is 5.29. The van der Waals surface area contributed by atoms with Gasteiger partial charge in [-0.1, -0.05) is 20.3 Å². The zero-order chi connectivity index (χ0) is 17.0. The number of H-pyrrole nitrogens is 1. The van der Waals surface area contributed by atoms with E-state index in [9.17, 15) is 9.59 Å². The van der Waals surface area contributed by atoms with Gasteiger partial charge in [0.15, 0.2) is 11.2 Å². The number of rotatable bonds is 7. The highest BCUT2D eigenvalue weighted by molar-refractivity contribution is 5.97. The number of hydrogen-bond donors (Lipinski definition) is 1. The molecule has 1 aromatic carbocycles. The van der Waals surface area contributed by atoms with E-state index in [4.69, 9.17) is 0 Å². The van der Waals surface area contributed by atoms with E-state index in [2.05, 4.69) is 23.7 Å². The van der Waals surface area contributed by atoms with Gasteiger partial charge >= 0.3 is 0 Å². The standard InChI is InChI=1S/C19H26N2O2/c1-5-7-10-21(6-2)12-17-13(3)20-18-9-8-15(14(4)22)11-16(18)19(17)23/h8-9,11H,5-7,10,12H2,1-4H3,(H,20,23). The summed E-state index contributed by atoms with van der Waals surface area (Å²) in [5.74, 6) is -0.0217. The molecule has 0 saturated heterocycles. The van der Waals surface area contributed by atoms with Crippen molar-refractivity contribution in [2.75, 3.05) is 13.1 Å². The van der Waals surface area contributed by atoms with Gasteiger partial charge in [-0.15, -0.1) is 0 Å². The van der Waals surface area contributed by atoms with Crippen molar-refractivity contribution >= 4 is 16.7 Å². The fraction of sp³-hybridized carbons (Fsp3) is 0.474. The van der Waals surface area contributed by atoms with E-state index < -0.39 is 0 Å². The second-order valence-electron chi connectivity index (χ2n) is 6.10. The van der Waals surface area contributed by atoms with Crippen LogP contribution in [0.25, 0.3) is 10.9 Å². The van der Waals surface area contributed by atoms with Gasteiger partial charge in [-0.25, -0.2) is 0 Å². The van der Waals surface area contributed by atoms with Crippen LogP contribution >= 0.6 is 0 Å². The number of aromatic nitrogens is 1. The topological polar surface area (TPSA) is 53.2 Å². The quantitative estimate of drug-likeness (QED) is 0.794. The third kappa shape index (κ3) is 3.88. The number of aromatic amines is 1. The second kappa shape index (κ2) is 7.55. The molecule has 0 amide bonds. The van der Waals surface area contributed by atoms with Crippen LogP contribution in [0.4, 0.5) is 0 Å². The van der Waals surface area contributed by atoms with Crippen molar-refractivity contribution in [1.82, 2.24) is 9.88 Å². The molecule has 0 bridgehead atoms. The van der Waals surface area contributed by atoms with Crippen molar-refractivity contribution in [2.24, 2.45) is 0 Å². The molecule has 0 spiro atoms. The maximum Gasteiger partial charge on any atom is 0.194 e. The number of carbonyl (C=O) groups excluding carboxylic acids is 1. The van der Waals surface area contributed by atoms with Gasteiger partial charge in [0.25, 0.3) is 0 Å². The number of benzene rings is 1. The van der Waals surface area contributed by atoms with E-state index in [1.54, 1.807) is 12.1 Å². The molecule has 23 heavy (non-hydrogen) atoms. The SMILES string of the molecule is CCCCN(CC)Cc1c(C)[nH]c2ccc(C(C)=O)cc2c1=O. The van der Waals surface area contributed by atoms with E-state index in [-0.39, 0.29) is 11.2 Å². The number of nitrogens with one attached hydrogen (secondary N) is 1. The molecule has 1 heterocycles. The molecule has 2 rings (SSSR count). The Labute approximate surface area is 137 Å². The van der Waals surface area contributed by atoms with Crippen LogP contribution in [0.3, 0.4) is 0 Å². The van der Waals surface area contributed by atoms with Crippen molar-refractivity contribution in [1.29, 1.82) is 0 Å². The third-order valence-corrected chi connectivity index (χ3v) is 4.38. The molecule has 2 aromatic rings. The molecular formula is C19H26N2O2. The number of ketones is 1. The first-order valence-corrected chi connectivity index (χ1v) is 8.36. The number of Topliss-reactive ketones (excluding diaryl/α,β-unsaturated/α-hetero) is 1. The Morgan fingerprint density at radius 1 is 1.26 bits per heavy atom. The highest BCUT2D eigenvalue weighted by Gasteiger charge is 2.13. The summed E-state index contributed by atoms with van der Waals surface area (Å²) in [6.07, 6.45) is 2.28. The molecule has 124 valence electrons. The van der Waals surface area contributed by atoms with Crippen LogP contribution in [0.1, 0.15) is 55.2 Å². The van der Waals surface area contributed by atoms with Crippen molar-refractivity contribution < 1.29 is 4.79 Å². The van der Waals surface area contributed by atoms with E-state index in [1.807, 2.05) is 13.0 Å². The maximum atomic E-state index is 12.9. The minimum Gasteiger partial charge on any atom is -0.358 e. The van der Waals surface area contributed by atoms with Crippen molar-refractivity contribution in [3.63, 3.8) is 0 Å². The average molecular weight is 314 g/mol. The number of pyridine rings is 1. The number of unbranched alkanes of at least 4 members (excludes halogenated alkanes) is 1. The lowest BCUT2D eigenvalue weighted by atomic mass is 10.0. The van der Waals surface area contributed by atoms with Crippen LogP contribution in [-0.4, -0.2) is 28.8 Å². The molecule has 0 atom stereocenters.